The Hall–Kier alpha value is -1.11. The van der Waals surface area contributed by atoms with E-state index in [0.717, 1.165) is 9.84 Å². The average Bonchev–Trinajstić information content (AvgIpc) is 2.61. The molecule has 2 heterocycles. The number of thiazole rings is 1. The summed E-state index contributed by atoms with van der Waals surface area (Å²) in [5.74, 6) is 0. The third-order valence-electron chi connectivity index (χ3n) is 1.73. The summed E-state index contributed by atoms with van der Waals surface area (Å²) in [6, 6.07) is -0.194. The zero-order chi connectivity index (χ0) is 9.97. The Bertz CT molecular complexity index is 397. The van der Waals surface area contributed by atoms with Gasteiger partial charge in [0.05, 0.1) is 12.6 Å². The number of nitrogens with two attached hydrogens (primary N) is 1. The summed E-state index contributed by atoms with van der Waals surface area (Å²) in [6.45, 7) is 0.458. The average molecular weight is 210 g/mol. The molecule has 0 amide bonds. The van der Waals surface area contributed by atoms with Crippen LogP contribution in [0.15, 0.2) is 12.4 Å². The second-order valence-corrected chi connectivity index (χ2v) is 3.81. The van der Waals surface area contributed by atoms with Gasteiger partial charge in [-0.3, -0.25) is 0 Å². The van der Waals surface area contributed by atoms with Crippen molar-refractivity contribution in [2.75, 3.05) is 13.7 Å². The predicted octanol–water partition coefficient (Wildman–Crippen LogP) is 0.733. The molecule has 1 atom stereocenters. The maximum absolute atomic E-state index is 5.84. The normalized spacial score (nSPS) is 13.3. The summed E-state index contributed by atoms with van der Waals surface area (Å²) in [4.78, 5) is 13.3. The van der Waals surface area contributed by atoms with Crippen molar-refractivity contribution in [2.24, 2.45) is 5.73 Å². The van der Waals surface area contributed by atoms with E-state index in [2.05, 4.69) is 15.0 Å². The summed E-state index contributed by atoms with van der Waals surface area (Å²) >= 11 is 1.46. The Balaban J connectivity index is 2.35. The molecule has 14 heavy (non-hydrogen) atoms. The molecule has 0 spiro atoms. The minimum atomic E-state index is -0.194. The molecule has 2 N–H and O–H groups in total. The minimum Gasteiger partial charge on any atom is -0.383 e. The third kappa shape index (κ3) is 1.72. The molecule has 2 aromatic rings. The molecule has 0 saturated carbocycles. The van der Waals surface area contributed by atoms with E-state index in [1.807, 2.05) is 0 Å². The molecule has 0 aliphatic rings. The van der Waals surface area contributed by atoms with E-state index in [9.17, 15) is 0 Å². The van der Waals surface area contributed by atoms with Gasteiger partial charge in [0.15, 0.2) is 10.5 Å². The first-order chi connectivity index (χ1) is 6.81. The molecular weight excluding hydrogens is 200 g/mol. The Morgan fingerprint density at radius 3 is 3.00 bits per heavy atom. The van der Waals surface area contributed by atoms with Gasteiger partial charge in [-0.1, -0.05) is 11.3 Å². The summed E-state index contributed by atoms with van der Waals surface area (Å²) < 4.78 is 4.95. The molecule has 5 nitrogen and oxygen atoms in total. The summed E-state index contributed by atoms with van der Waals surface area (Å²) in [5, 5.41) is 0.813. The van der Waals surface area contributed by atoms with Crippen LogP contribution in [0.5, 0.6) is 0 Å². The molecular formula is C8H10N4OS. The van der Waals surface area contributed by atoms with Crippen LogP contribution in [0.25, 0.3) is 10.5 Å². The number of aromatic nitrogens is 3. The monoisotopic (exact) mass is 210 g/mol. The third-order valence-corrected chi connectivity index (χ3v) is 2.81. The highest BCUT2D eigenvalue weighted by Crippen LogP contribution is 2.21. The maximum atomic E-state index is 5.84. The van der Waals surface area contributed by atoms with Gasteiger partial charge in [0.25, 0.3) is 0 Å². The zero-order valence-electron chi connectivity index (χ0n) is 7.67. The van der Waals surface area contributed by atoms with Crippen LogP contribution >= 0.6 is 11.3 Å². The summed E-state index contributed by atoms with van der Waals surface area (Å²) in [6.07, 6.45) is 3.26. The number of fused-ring (bicyclic) bond motifs is 1. The number of rotatable bonds is 3. The van der Waals surface area contributed by atoms with Gasteiger partial charge < -0.3 is 10.5 Å². The molecule has 0 saturated heterocycles. The van der Waals surface area contributed by atoms with Crippen LogP contribution < -0.4 is 5.73 Å². The van der Waals surface area contributed by atoms with Crippen molar-refractivity contribution in [3.8, 4) is 0 Å². The topological polar surface area (TPSA) is 73.9 Å². The lowest BCUT2D eigenvalue weighted by molar-refractivity contribution is 0.181. The number of ether oxygens (including phenoxy) is 1. The van der Waals surface area contributed by atoms with Gasteiger partial charge in [-0.05, 0) is 0 Å². The van der Waals surface area contributed by atoms with Gasteiger partial charge in [-0.2, -0.15) is 0 Å². The van der Waals surface area contributed by atoms with Crippen LogP contribution in [0.3, 0.4) is 0 Å². The molecule has 0 aromatic carbocycles. The Morgan fingerprint density at radius 2 is 2.29 bits per heavy atom. The molecule has 0 aliphatic heterocycles. The molecule has 0 fully saturated rings. The van der Waals surface area contributed by atoms with Gasteiger partial charge in [0, 0.05) is 19.5 Å². The lowest BCUT2D eigenvalue weighted by Crippen LogP contribution is -2.15. The number of methoxy groups -OCH3 is 1. The fraction of sp³-hybridized carbons (Fsp3) is 0.375. The first-order valence-electron chi connectivity index (χ1n) is 4.13. The number of hydrogen-bond donors (Lipinski definition) is 1. The minimum absolute atomic E-state index is 0.194. The molecule has 0 radical (unpaired) electrons. The van der Waals surface area contributed by atoms with Crippen molar-refractivity contribution in [1.29, 1.82) is 0 Å². The van der Waals surface area contributed by atoms with Gasteiger partial charge in [-0.25, -0.2) is 15.0 Å². The van der Waals surface area contributed by atoms with Crippen molar-refractivity contribution in [1.82, 2.24) is 15.0 Å². The molecule has 0 aliphatic carbocycles. The molecule has 2 rings (SSSR count). The number of hydrogen-bond acceptors (Lipinski definition) is 6. The highest BCUT2D eigenvalue weighted by molar-refractivity contribution is 7.18. The van der Waals surface area contributed by atoms with E-state index >= 15 is 0 Å². The predicted molar refractivity (Wildman–Crippen MR) is 54.0 cm³/mol. The standard InChI is InChI=1S/C8H10N4OS/c1-13-4-5(9)7-12-6-8(14-7)11-3-2-10-6/h2-3,5H,4,9H2,1H3. The maximum Gasteiger partial charge on any atom is 0.189 e. The largest absolute Gasteiger partial charge is 0.383 e. The van der Waals surface area contributed by atoms with Gasteiger partial charge in [0.2, 0.25) is 0 Å². The van der Waals surface area contributed by atoms with Gasteiger partial charge in [-0.15, -0.1) is 0 Å². The fourth-order valence-electron chi connectivity index (χ4n) is 1.10. The Morgan fingerprint density at radius 1 is 1.50 bits per heavy atom. The van der Waals surface area contributed by atoms with Crippen molar-refractivity contribution in [2.45, 2.75) is 6.04 Å². The molecule has 6 heteroatoms. The van der Waals surface area contributed by atoms with Crippen molar-refractivity contribution < 1.29 is 4.74 Å². The van der Waals surface area contributed by atoms with Gasteiger partial charge in [0.1, 0.15) is 5.01 Å². The quantitative estimate of drug-likeness (QED) is 0.808. The van der Waals surface area contributed by atoms with Crippen molar-refractivity contribution >= 4 is 21.8 Å². The van der Waals surface area contributed by atoms with Crippen LogP contribution in [0, 0.1) is 0 Å². The SMILES string of the molecule is COCC(N)c1nc2nccnc2s1. The van der Waals surface area contributed by atoms with E-state index in [1.165, 1.54) is 11.3 Å². The van der Waals surface area contributed by atoms with E-state index < -0.39 is 0 Å². The first kappa shape index (κ1) is 9.45. The van der Waals surface area contributed by atoms with E-state index in [1.54, 1.807) is 19.5 Å². The highest BCUT2D eigenvalue weighted by Gasteiger charge is 2.12. The van der Waals surface area contributed by atoms with Crippen LogP contribution in [0.4, 0.5) is 0 Å². The summed E-state index contributed by atoms with van der Waals surface area (Å²) in [5.41, 5.74) is 6.49. The van der Waals surface area contributed by atoms with Crippen molar-refractivity contribution in [3.63, 3.8) is 0 Å². The van der Waals surface area contributed by atoms with E-state index in [-0.39, 0.29) is 6.04 Å². The van der Waals surface area contributed by atoms with Crippen molar-refractivity contribution in [3.05, 3.63) is 17.4 Å². The zero-order valence-corrected chi connectivity index (χ0v) is 8.49. The first-order valence-corrected chi connectivity index (χ1v) is 4.95. The smallest absolute Gasteiger partial charge is 0.189 e. The molecule has 1 unspecified atom stereocenters. The lowest BCUT2D eigenvalue weighted by Gasteiger charge is -2.04. The van der Waals surface area contributed by atoms with E-state index in [0.29, 0.717) is 12.3 Å². The molecule has 2 aromatic heterocycles. The van der Waals surface area contributed by atoms with Crippen LogP contribution in [-0.4, -0.2) is 28.7 Å². The lowest BCUT2D eigenvalue weighted by atomic mass is 10.3. The highest BCUT2D eigenvalue weighted by atomic mass is 32.1. The van der Waals surface area contributed by atoms with Crippen LogP contribution in [-0.2, 0) is 4.74 Å². The molecule has 74 valence electrons. The van der Waals surface area contributed by atoms with Crippen LogP contribution in [0.2, 0.25) is 0 Å². The second-order valence-electron chi connectivity index (χ2n) is 2.80. The fourth-order valence-corrected chi connectivity index (χ4v) is 1.96. The second kappa shape index (κ2) is 3.95. The van der Waals surface area contributed by atoms with Gasteiger partial charge >= 0.3 is 0 Å². The molecule has 0 bridgehead atoms. The van der Waals surface area contributed by atoms with Crippen LogP contribution in [0.1, 0.15) is 11.0 Å². The Labute approximate surface area is 85.0 Å². The Kier molecular flexibility index (Phi) is 2.67. The van der Waals surface area contributed by atoms with E-state index in [4.69, 9.17) is 10.5 Å². The number of nitrogens with zero attached hydrogens (tertiary/aromatic N) is 3. The summed E-state index contributed by atoms with van der Waals surface area (Å²) in [7, 11) is 1.61.